The van der Waals surface area contributed by atoms with Crippen molar-refractivity contribution in [3.8, 4) is 0 Å². The molecule has 5 rings (SSSR count). The van der Waals surface area contributed by atoms with E-state index in [0.29, 0.717) is 11.7 Å². The minimum absolute atomic E-state index is 0.160. The Morgan fingerprint density at radius 3 is 2.34 bits per heavy atom. The summed E-state index contributed by atoms with van der Waals surface area (Å²) in [6.45, 7) is 5.35. The van der Waals surface area contributed by atoms with Crippen molar-refractivity contribution in [1.29, 1.82) is 0 Å². The van der Waals surface area contributed by atoms with Gasteiger partial charge in [0, 0.05) is 44.1 Å². The Kier molecular flexibility index (Phi) is 4.54. The van der Waals surface area contributed by atoms with E-state index in [9.17, 15) is 4.39 Å². The van der Waals surface area contributed by atoms with Crippen molar-refractivity contribution >= 4 is 23.1 Å². The van der Waals surface area contributed by atoms with Crippen molar-refractivity contribution in [2.45, 2.75) is 19.4 Å². The highest BCUT2D eigenvalue weighted by molar-refractivity contribution is 5.67. The molecule has 3 aromatic rings. The molecule has 148 valence electrons. The lowest BCUT2D eigenvalue weighted by atomic mass is 10.1. The standard InChI is InChI=1S/C23H24FN5/c1-17-16-18-6-2-4-8-20(18)29(17)23-25-11-10-22(26-23)28-14-12-27(13-15-28)21-9-5-3-7-19(21)24/h2-11,17H,12-16H2,1H3. The molecule has 29 heavy (non-hydrogen) atoms. The van der Waals surface area contributed by atoms with E-state index in [1.54, 1.807) is 6.07 Å². The lowest BCUT2D eigenvalue weighted by Gasteiger charge is -2.37. The molecule has 0 N–H and O–H groups in total. The van der Waals surface area contributed by atoms with Gasteiger partial charge in [-0.2, -0.15) is 4.98 Å². The molecule has 3 heterocycles. The van der Waals surface area contributed by atoms with Crippen LogP contribution < -0.4 is 14.7 Å². The summed E-state index contributed by atoms with van der Waals surface area (Å²) in [5.74, 6) is 1.52. The van der Waals surface area contributed by atoms with E-state index in [-0.39, 0.29) is 5.82 Å². The molecule has 0 bridgehead atoms. The third-order valence-corrected chi connectivity index (χ3v) is 5.85. The van der Waals surface area contributed by atoms with Crippen LogP contribution in [0.3, 0.4) is 0 Å². The van der Waals surface area contributed by atoms with Gasteiger partial charge in [-0.3, -0.25) is 0 Å². The van der Waals surface area contributed by atoms with E-state index in [4.69, 9.17) is 4.98 Å². The Balaban J connectivity index is 1.35. The van der Waals surface area contributed by atoms with Crippen molar-refractivity contribution in [3.05, 3.63) is 72.2 Å². The van der Waals surface area contributed by atoms with Crippen molar-refractivity contribution < 1.29 is 4.39 Å². The Hall–Kier alpha value is -3.15. The minimum Gasteiger partial charge on any atom is -0.366 e. The predicted octanol–water partition coefficient (Wildman–Crippen LogP) is 4.03. The molecule has 5 nitrogen and oxygen atoms in total. The van der Waals surface area contributed by atoms with E-state index < -0.39 is 0 Å². The zero-order chi connectivity index (χ0) is 19.8. The number of para-hydroxylation sites is 2. The molecule has 2 aliphatic rings. The van der Waals surface area contributed by atoms with Gasteiger partial charge in [-0.1, -0.05) is 30.3 Å². The SMILES string of the molecule is CC1Cc2ccccc2N1c1nccc(N2CCN(c3ccccc3F)CC2)n1. The number of hydrogen-bond acceptors (Lipinski definition) is 5. The second kappa shape index (κ2) is 7.35. The number of fused-ring (bicyclic) bond motifs is 1. The number of piperazine rings is 1. The highest BCUT2D eigenvalue weighted by atomic mass is 19.1. The second-order valence-corrected chi connectivity index (χ2v) is 7.69. The van der Waals surface area contributed by atoms with Crippen LogP contribution in [-0.4, -0.2) is 42.2 Å². The number of benzene rings is 2. The highest BCUT2D eigenvalue weighted by Gasteiger charge is 2.29. The maximum absolute atomic E-state index is 14.1. The van der Waals surface area contributed by atoms with Crippen molar-refractivity contribution in [1.82, 2.24) is 9.97 Å². The first-order chi connectivity index (χ1) is 14.2. The largest absolute Gasteiger partial charge is 0.366 e. The maximum atomic E-state index is 14.1. The van der Waals surface area contributed by atoms with Crippen LogP contribution in [0.5, 0.6) is 0 Å². The molecular weight excluding hydrogens is 365 g/mol. The lowest BCUT2D eigenvalue weighted by molar-refractivity contribution is 0.596. The number of rotatable bonds is 3. The average molecular weight is 389 g/mol. The third kappa shape index (κ3) is 3.28. The van der Waals surface area contributed by atoms with Gasteiger partial charge in [0.1, 0.15) is 11.6 Å². The Morgan fingerprint density at radius 1 is 0.862 bits per heavy atom. The summed E-state index contributed by atoms with van der Waals surface area (Å²) in [5, 5.41) is 0. The van der Waals surface area contributed by atoms with Gasteiger partial charge in [0.05, 0.1) is 5.69 Å². The molecule has 1 saturated heterocycles. The molecule has 1 fully saturated rings. The van der Waals surface area contributed by atoms with Crippen molar-refractivity contribution in [2.24, 2.45) is 0 Å². The predicted molar refractivity (Wildman–Crippen MR) is 115 cm³/mol. The van der Waals surface area contributed by atoms with Crippen LogP contribution in [0.15, 0.2) is 60.8 Å². The monoisotopic (exact) mass is 389 g/mol. The minimum atomic E-state index is -0.160. The molecule has 6 heteroatoms. The summed E-state index contributed by atoms with van der Waals surface area (Å²) in [6.07, 6.45) is 2.85. The summed E-state index contributed by atoms with van der Waals surface area (Å²) in [7, 11) is 0. The molecule has 1 unspecified atom stereocenters. The molecular formula is C23H24FN5. The van der Waals surface area contributed by atoms with E-state index in [0.717, 1.165) is 44.4 Å². The van der Waals surface area contributed by atoms with Crippen LogP contribution in [0.2, 0.25) is 0 Å². The molecule has 0 spiro atoms. The average Bonchev–Trinajstić information content (AvgIpc) is 3.10. The molecule has 2 aromatic carbocycles. The maximum Gasteiger partial charge on any atom is 0.232 e. The third-order valence-electron chi connectivity index (χ3n) is 5.85. The fraction of sp³-hybridized carbons (Fsp3) is 0.304. The van der Waals surface area contributed by atoms with E-state index >= 15 is 0 Å². The second-order valence-electron chi connectivity index (χ2n) is 7.69. The number of hydrogen-bond donors (Lipinski definition) is 0. The van der Waals surface area contributed by atoms with Crippen LogP contribution in [0.25, 0.3) is 0 Å². The van der Waals surface area contributed by atoms with E-state index in [1.807, 2.05) is 24.4 Å². The highest BCUT2D eigenvalue weighted by Crippen LogP contribution is 2.36. The van der Waals surface area contributed by atoms with E-state index in [1.165, 1.54) is 17.3 Å². The van der Waals surface area contributed by atoms with Crippen LogP contribution >= 0.6 is 0 Å². The lowest BCUT2D eigenvalue weighted by Crippen LogP contribution is -2.47. The first kappa shape index (κ1) is 17.9. The van der Waals surface area contributed by atoms with Gasteiger partial charge in [0.25, 0.3) is 0 Å². The molecule has 1 aromatic heterocycles. The van der Waals surface area contributed by atoms with Crippen LogP contribution in [0.4, 0.5) is 27.5 Å². The summed E-state index contributed by atoms with van der Waals surface area (Å²) < 4.78 is 14.1. The molecule has 0 saturated carbocycles. The van der Waals surface area contributed by atoms with Crippen LogP contribution in [-0.2, 0) is 6.42 Å². The zero-order valence-electron chi connectivity index (χ0n) is 16.5. The number of halogens is 1. The van der Waals surface area contributed by atoms with Crippen molar-refractivity contribution in [3.63, 3.8) is 0 Å². The first-order valence-electron chi connectivity index (χ1n) is 10.2. The van der Waals surface area contributed by atoms with Crippen LogP contribution in [0, 0.1) is 5.82 Å². The number of nitrogens with zero attached hydrogens (tertiary/aromatic N) is 5. The summed E-state index contributed by atoms with van der Waals surface area (Å²) >= 11 is 0. The smallest absolute Gasteiger partial charge is 0.232 e. The van der Waals surface area contributed by atoms with Crippen LogP contribution in [0.1, 0.15) is 12.5 Å². The Morgan fingerprint density at radius 2 is 1.55 bits per heavy atom. The summed E-state index contributed by atoms with van der Waals surface area (Å²) in [5.41, 5.74) is 3.21. The molecule has 0 amide bonds. The quantitative estimate of drug-likeness (QED) is 0.676. The number of aromatic nitrogens is 2. The zero-order valence-corrected chi connectivity index (χ0v) is 16.5. The molecule has 2 aliphatic heterocycles. The molecule has 0 aliphatic carbocycles. The molecule has 1 atom stereocenters. The van der Waals surface area contributed by atoms with Crippen molar-refractivity contribution in [2.75, 3.05) is 40.9 Å². The first-order valence-corrected chi connectivity index (χ1v) is 10.2. The van der Waals surface area contributed by atoms with Gasteiger partial charge >= 0.3 is 0 Å². The van der Waals surface area contributed by atoms with Gasteiger partial charge in [0.15, 0.2) is 0 Å². The van der Waals surface area contributed by atoms with Gasteiger partial charge in [-0.05, 0) is 43.2 Å². The Labute approximate surface area is 170 Å². The van der Waals surface area contributed by atoms with Gasteiger partial charge in [-0.25, -0.2) is 9.37 Å². The topological polar surface area (TPSA) is 35.5 Å². The number of anilines is 4. The van der Waals surface area contributed by atoms with E-state index in [2.05, 4.69) is 50.9 Å². The fourth-order valence-corrected chi connectivity index (χ4v) is 4.39. The Bertz CT molecular complexity index is 1020. The summed E-state index contributed by atoms with van der Waals surface area (Å²) in [4.78, 5) is 16.1. The fourth-order valence-electron chi connectivity index (χ4n) is 4.39. The van der Waals surface area contributed by atoms with Gasteiger partial charge < -0.3 is 14.7 Å². The normalized spacial score (nSPS) is 18.8. The summed E-state index contributed by atoms with van der Waals surface area (Å²) in [6, 6.07) is 17.8. The van der Waals surface area contributed by atoms with Gasteiger partial charge in [0.2, 0.25) is 5.95 Å². The molecule has 0 radical (unpaired) electrons. The van der Waals surface area contributed by atoms with Gasteiger partial charge in [-0.15, -0.1) is 0 Å².